The molecule has 0 spiro atoms. The predicted octanol–water partition coefficient (Wildman–Crippen LogP) is 10.2. The molecule has 0 amide bonds. The van der Waals surface area contributed by atoms with E-state index in [1.807, 2.05) is 12.1 Å². The zero-order chi connectivity index (χ0) is 24.2. The van der Waals surface area contributed by atoms with Crippen LogP contribution in [0.1, 0.15) is 0 Å². The summed E-state index contributed by atoms with van der Waals surface area (Å²) in [6.07, 6.45) is 0. The molecule has 0 bridgehead atoms. The number of fused-ring (bicyclic) bond motifs is 3. The molecule has 36 heavy (non-hydrogen) atoms. The zero-order valence-corrected chi connectivity index (χ0v) is 20.0. The summed E-state index contributed by atoms with van der Waals surface area (Å²) in [6, 6.07) is 55.7. The fraction of sp³-hybridized carbons (Fsp3) is 0. The molecule has 0 heteroatoms. The maximum Gasteiger partial charge on any atom is -0.00266 e. The molecule has 7 rings (SSSR count). The number of hydrogen-bond donors (Lipinski definition) is 0. The second-order valence-corrected chi connectivity index (χ2v) is 8.99. The van der Waals surface area contributed by atoms with Crippen molar-refractivity contribution in [3.8, 4) is 22.3 Å². The molecule has 0 aliphatic rings. The van der Waals surface area contributed by atoms with Crippen LogP contribution in [0.25, 0.3) is 54.6 Å². The van der Waals surface area contributed by atoms with Gasteiger partial charge in [-0.3, -0.25) is 0 Å². The molecule has 0 aliphatic carbocycles. The first-order valence-corrected chi connectivity index (χ1v) is 12.4. The number of benzene rings is 7. The van der Waals surface area contributed by atoms with Crippen molar-refractivity contribution in [3.05, 3.63) is 158 Å². The van der Waals surface area contributed by atoms with Crippen molar-refractivity contribution in [1.29, 1.82) is 0 Å². The monoisotopic (exact) mass is 458 g/mol. The molecular weight excluding hydrogens is 432 g/mol. The third-order valence-electron chi connectivity index (χ3n) is 6.69. The Morgan fingerprint density at radius 1 is 0.250 bits per heavy atom. The van der Waals surface area contributed by atoms with Crippen LogP contribution in [-0.2, 0) is 0 Å². The summed E-state index contributed by atoms with van der Waals surface area (Å²) in [4.78, 5) is 0. The Bertz CT molecular complexity index is 1670. The average molecular weight is 459 g/mol. The van der Waals surface area contributed by atoms with Crippen molar-refractivity contribution in [3.63, 3.8) is 0 Å². The fourth-order valence-electron chi connectivity index (χ4n) is 4.93. The second kappa shape index (κ2) is 9.90. The third kappa shape index (κ3) is 4.37. The third-order valence-corrected chi connectivity index (χ3v) is 6.69. The van der Waals surface area contributed by atoms with E-state index in [9.17, 15) is 0 Å². The quantitative estimate of drug-likeness (QED) is 0.226. The topological polar surface area (TPSA) is 0 Å². The summed E-state index contributed by atoms with van der Waals surface area (Å²) in [5.41, 5.74) is 5.16. The van der Waals surface area contributed by atoms with Gasteiger partial charge in [-0.05, 0) is 66.7 Å². The lowest BCUT2D eigenvalue weighted by molar-refractivity contribution is 1.62. The van der Waals surface area contributed by atoms with Gasteiger partial charge >= 0.3 is 0 Å². The van der Waals surface area contributed by atoms with Crippen molar-refractivity contribution in [2.24, 2.45) is 0 Å². The van der Waals surface area contributed by atoms with Crippen molar-refractivity contribution in [2.75, 3.05) is 0 Å². The van der Waals surface area contributed by atoms with E-state index in [0.717, 1.165) is 0 Å². The van der Waals surface area contributed by atoms with Gasteiger partial charge in [0.1, 0.15) is 0 Å². The fourth-order valence-corrected chi connectivity index (χ4v) is 4.93. The molecule has 7 aromatic carbocycles. The highest BCUT2D eigenvalue weighted by Crippen LogP contribution is 2.37. The van der Waals surface area contributed by atoms with E-state index < -0.39 is 0 Å². The van der Waals surface area contributed by atoms with Gasteiger partial charge in [0.05, 0.1) is 0 Å². The van der Waals surface area contributed by atoms with Crippen LogP contribution in [0.2, 0.25) is 0 Å². The van der Waals surface area contributed by atoms with Gasteiger partial charge in [-0.2, -0.15) is 0 Å². The van der Waals surface area contributed by atoms with Crippen LogP contribution in [0.5, 0.6) is 0 Å². The first kappa shape index (κ1) is 21.8. The lowest BCUT2D eigenvalue weighted by Crippen LogP contribution is -1.86. The molecule has 0 aromatic heterocycles. The lowest BCUT2D eigenvalue weighted by Gasteiger charge is -2.13. The van der Waals surface area contributed by atoms with E-state index in [4.69, 9.17) is 0 Å². The van der Waals surface area contributed by atoms with Crippen LogP contribution >= 0.6 is 0 Å². The number of rotatable bonds is 2. The van der Waals surface area contributed by atoms with E-state index >= 15 is 0 Å². The molecule has 170 valence electrons. The van der Waals surface area contributed by atoms with Crippen molar-refractivity contribution >= 4 is 32.3 Å². The van der Waals surface area contributed by atoms with Crippen LogP contribution in [0.15, 0.2) is 158 Å². The Kier molecular flexibility index (Phi) is 6.00. The van der Waals surface area contributed by atoms with E-state index in [1.54, 1.807) is 0 Å². The summed E-state index contributed by atoms with van der Waals surface area (Å²) in [6.45, 7) is 0. The molecule has 0 saturated heterocycles. The van der Waals surface area contributed by atoms with Crippen molar-refractivity contribution < 1.29 is 0 Å². The van der Waals surface area contributed by atoms with Crippen LogP contribution < -0.4 is 0 Å². The highest BCUT2D eigenvalue weighted by atomic mass is 14.1. The molecule has 7 aromatic rings. The minimum Gasteiger partial charge on any atom is -0.0622 e. The smallest absolute Gasteiger partial charge is 0.00266 e. The molecule has 0 heterocycles. The molecule has 0 nitrogen and oxygen atoms in total. The van der Waals surface area contributed by atoms with Crippen LogP contribution in [0.4, 0.5) is 0 Å². The summed E-state index contributed by atoms with van der Waals surface area (Å²) in [7, 11) is 0. The van der Waals surface area contributed by atoms with Gasteiger partial charge in [-0.1, -0.05) is 146 Å². The van der Waals surface area contributed by atoms with Crippen LogP contribution in [-0.4, -0.2) is 0 Å². The maximum atomic E-state index is 2.31. The highest BCUT2D eigenvalue weighted by Gasteiger charge is 2.10. The molecule has 0 saturated carbocycles. The Balaban J connectivity index is 0.000000168. The molecule has 0 atom stereocenters. The largest absolute Gasteiger partial charge is 0.0622 e. The first-order chi connectivity index (χ1) is 17.9. The first-order valence-electron chi connectivity index (χ1n) is 12.4. The van der Waals surface area contributed by atoms with Crippen LogP contribution in [0, 0.1) is 0 Å². The SMILES string of the molecule is c1ccc(-c2ccccc2)cc1.c1ccc2cc(-c3c4ccccc4cc4ccccc34)ccc2c1. The predicted molar refractivity (Wildman–Crippen MR) is 156 cm³/mol. The molecular formula is C36H26. The summed E-state index contributed by atoms with van der Waals surface area (Å²) in [5.74, 6) is 0. The van der Waals surface area contributed by atoms with E-state index in [0.29, 0.717) is 0 Å². The highest BCUT2D eigenvalue weighted by molar-refractivity contribution is 6.13. The average Bonchev–Trinajstić information content (AvgIpc) is 2.97. The van der Waals surface area contributed by atoms with E-state index in [1.165, 1.54) is 54.6 Å². The van der Waals surface area contributed by atoms with E-state index in [-0.39, 0.29) is 0 Å². The zero-order valence-electron chi connectivity index (χ0n) is 20.0. The van der Waals surface area contributed by atoms with Gasteiger partial charge in [0.15, 0.2) is 0 Å². The standard InChI is InChI=1S/C24H16.C12H10/c1-2-8-18-15-21(14-13-17(18)7-1)24-22-11-5-3-9-19(22)16-20-10-4-6-12-23(20)24;1-3-7-11(8-4-1)12-9-5-2-6-10-12/h1-16H;1-10H. The lowest BCUT2D eigenvalue weighted by atomic mass is 9.91. The Labute approximate surface area is 212 Å². The number of hydrogen-bond acceptors (Lipinski definition) is 0. The van der Waals surface area contributed by atoms with E-state index in [2.05, 4.69) is 146 Å². The second-order valence-electron chi connectivity index (χ2n) is 8.99. The minimum absolute atomic E-state index is 1.28. The van der Waals surface area contributed by atoms with Gasteiger partial charge in [0, 0.05) is 0 Å². The molecule has 0 unspecified atom stereocenters. The Morgan fingerprint density at radius 3 is 1.25 bits per heavy atom. The summed E-state index contributed by atoms with van der Waals surface area (Å²) < 4.78 is 0. The van der Waals surface area contributed by atoms with Gasteiger partial charge in [0.25, 0.3) is 0 Å². The van der Waals surface area contributed by atoms with Gasteiger partial charge in [-0.25, -0.2) is 0 Å². The molecule has 0 radical (unpaired) electrons. The Morgan fingerprint density at radius 2 is 0.694 bits per heavy atom. The Hall–Kier alpha value is -4.68. The van der Waals surface area contributed by atoms with Crippen molar-refractivity contribution in [2.45, 2.75) is 0 Å². The van der Waals surface area contributed by atoms with Gasteiger partial charge in [0.2, 0.25) is 0 Å². The summed E-state index contributed by atoms with van der Waals surface area (Å²) >= 11 is 0. The molecule has 0 N–H and O–H groups in total. The normalized spacial score (nSPS) is 10.8. The molecule has 0 aliphatic heterocycles. The van der Waals surface area contributed by atoms with Gasteiger partial charge < -0.3 is 0 Å². The maximum absolute atomic E-state index is 2.31. The van der Waals surface area contributed by atoms with Gasteiger partial charge in [-0.15, -0.1) is 0 Å². The minimum atomic E-state index is 1.28. The summed E-state index contributed by atoms with van der Waals surface area (Å²) in [5, 5.41) is 7.77. The van der Waals surface area contributed by atoms with Crippen molar-refractivity contribution in [1.82, 2.24) is 0 Å². The van der Waals surface area contributed by atoms with Crippen LogP contribution in [0.3, 0.4) is 0 Å². The molecule has 0 fully saturated rings.